The summed E-state index contributed by atoms with van der Waals surface area (Å²) in [6.45, 7) is 1.19. The van der Waals surface area contributed by atoms with Crippen molar-refractivity contribution in [3.05, 3.63) is 61.8 Å². The van der Waals surface area contributed by atoms with Crippen molar-refractivity contribution < 1.29 is 19.2 Å². The Morgan fingerprint density at radius 2 is 2.10 bits per heavy atom. The lowest BCUT2D eigenvalue weighted by Crippen LogP contribution is -2.13. The first-order valence-electron chi connectivity index (χ1n) is 5.98. The van der Waals surface area contributed by atoms with E-state index in [2.05, 4.69) is 0 Å². The van der Waals surface area contributed by atoms with Gasteiger partial charge < -0.3 is 4.74 Å². The Balaban J connectivity index is 2.05. The van der Waals surface area contributed by atoms with Gasteiger partial charge in [0.2, 0.25) is 5.78 Å². The van der Waals surface area contributed by atoms with Gasteiger partial charge in [-0.1, -0.05) is 12.1 Å². The normalized spacial score (nSPS) is 10.1. The quantitative estimate of drug-likeness (QED) is 0.367. The number of esters is 1. The highest BCUT2D eigenvalue weighted by atomic mass is 32.1. The van der Waals surface area contributed by atoms with Crippen LogP contribution in [-0.4, -0.2) is 23.3 Å². The third-order valence-electron chi connectivity index (χ3n) is 2.77. The third-order valence-corrected chi connectivity index (χ3v) is 3.68. The van der Waals surface area contributed by atoms with Gasteiger partial charge in [-0.05, 0) is 24.4 Å². The topological polar surface area (TPSA) is 86.5 Å². The number of hydrogen-bond donors (Lipinski definition) is 0. The fraction of sp³-hybridized carbons (Fsp3) is 0.143. The maximum Gasteiger partial charge on any atom is 0.338 e. The Bertz CT molecular complexity index is 693. The van der Waals surface area contributed by atoms with E-state index < -0.39 is 10.9 Å². The number of aryl methyl sites for hydroxylation is 1. The van der Waals surface area contributed by atoms with Crippen LogP contribution in [0.4, 0.5) is 5.69 Å². The molecule has 0 N–H and O–H groups in total. The first-order valence-corrected chi connectivity index (χ1v) is 6.86. The van der Waals surface area contributed by atoms with Gasteiger partial charge in [0.15, 0.2) is 6.61 Å². The maximum absolute atomic E-state index is 11.8. The smallest absolute Gasteiger partial charge is 0.338 e. The molecule has 0 aliphatic heterocycles. The van der Waals surface area contributed by atoms with Crippen molar-refractivity contribution >= 4 is 28.8 Å². The van der Waals surface area contributed by atoms with Crippen LogP contribution < -0.4 is 0 Å². The van der Waals surface area contributed by atoms with Crippen LogP contribution in [0.5, 0.6) is 0 Å². The van der Waals surface area contributed by atoms with Gasteiger partial charge in [0.1, 0.15) is 0 Å². The van der Waals surface area contributed by atoms with Gasteiger partial charge in [-0.2, -0.15) is 0 Å². The van der Waals surface area contributed by atoms with Gasteiger partial charge in [-0.15, -0.1) is 11.3 Å². The minimum Gasteiger partial charge on any atom is -0.454 e. The zero-order valence-corrected chi connectivity index (χ0v) is 11.9. The van der Waals surface area contributed by atoms with Gasteiger partial charge in [0, 0.05) is 11.6 Å². The van der Waals surface area contributed by atoms with Gasteiger partial charge in [0.25, 0.3) is 5.69 Å². The fourth-order valence-corrected chi connectivity index (χ4v) is 2.31. The van der Waals surface area contributed by atoms with Gasteiger partial charge in [0.05, 0.1) is 15.4 Å². The number of rotatable bonds is 5. The molecule has 0 fully saturated rings. The highest BCUT2D eigenvalue weighted by Crippen LogP contribution is 2.20. The summed E-state index contributed by atoms with van der Waals surface area (Å²) in [7, 11) is 0. The van der Waals surface area contributed by atoms with E-state index in [1.54, 1.807) is 24.4 Å². The predicted molar refractivity (Wildman–Crippen MR) is 76.8 cm³/mol. The molecule has 0 saturated carbocycles. The number of ketones is 1. The highest BCUT2D eigenvalue weighted by Gasteiger charge is 2.17. The molecule has 0 spiro atoms. The van der Waals surface area contributed by atoms with Crippen molar-refractivity contribution in [2.45, 2.75) is 6.92 Å². The largest absolute Gasteiger partial charge is 0.454 e. The van der Waals surface area contributed by atoms with Crippen molar-refractivity contribution in [3.8, 4) is 0 Å². The van der Waals surface area contributed by atoms with Crippen LogP contribution in [-0.2, 0) is 4.74 Å². The van der Waals surface area contributed by atoms with Crippen LogP contribution in [0.15, 0.2) is 35.7 Å². The summed E-state index contributed by atoms with van der Waals surface area (Å²) in [5, 5.41) is 12.6. The third kappa shape index (κ3) is 3.51. The first kappa shape index (κ1) is 14.9. The second kappa shape index (κ2) is 6.27. The van der Waals surface area contributed by atoms with Crippen LogP contribution in [0.1, 0.15) is 25.6 Å². The summed E-state index contributed by atoms with van der Waals surface area (Å²) in [4.78, 5) is 34.3. The van der Waals surface area contributed by atoms with E-state index in [0.717, 1.165) is 6.07 Å². The molecule has 6 nitrogen and oxygen atoms in total. The van der Waals surface area contributed by atoms with E-state index in [1.807, 2.05) is 0 Å². The molecule has 1 aromatic heterocycles. The minimum atomic E-state index is -0.761. The van der Waals surface area contributed by atoms with Crippen LogP contribution in [0, 0.1) is 17.0 Å². The molecule has 108 valence electrons. The summed E-state index contributed by atoms with van der Waals surface area (Å²) >= 11 is 1.26. The average molecular weight is 305 g/mol. The summed E-state index contributed by atoms with van der Waals surface area (Å²) < 4.78 is 4.88. The number of carbonyl (C=O) groups is 2. The number of carbonyl (C=O) groups excluding carboxylic acids is 2. The number of nitro benzene ring substituents is 1. The zero-order chi connectivity index (χ0) is 15.4. The lowest BCUT2D eigenvalue weighted by Gasteiger charge is -2.04. The molecule has 0 atom stereocenters. The fourth-order valence-electron chi connectivity index (χ4n) is 1.66. The summed E-state index contributed by atoms with van der Waals surface area (Å²) in [5.74, 6) is -1.07. The molecule has 1 heterocycles. The van der Waals surface area contributed by atoms with E-state index in [1.165, 1.54) is 23.5 Å². The molecule has 7 heteroatoms. The van der Waals surface area contributed by atoms with Gasteiger partial charge >= 0.3 is 5.97 Å². The monoisotopic (exact) mass is 305 g/mol. The molecule has 2 rings (SSSR count). The predicted octanol–water partition coefficient (Wildman–Crippen LogP) is 3.00. The second-order valence-electron chi connectivity index (χ2n) is 4.23. The van der Waals surface area contributed by atoms with E-state index in [0.29, 0.717) is 10.4 Å². The van der Waals surface area contributed by atoms with Crippen molar-refractivity contribution in [1.29, 1.82) is 0 Å². The summed E-state index contributed by atoms with van der Waals surface area (Å²) in [6, 6.07) is 7.41. The Labute approximate surface area is 124 Å². The number of benzene rings is 1. The van der Waals surface area contributed by atoms with E-state index in [-0.39, 0.29) is 23.6 Å². The molecule has 0 amide bonds. The molecule has 0 bridgehead atoms. The Morgan fingerprint density at radius 1 is 1.33 bits per heavy atom. The Morgan fingerprint density at radius 3 is 2.71 bits per heavy atom. The van der Waals surface area contributed by atoms with E-state index in [9.17, 15) is 19.7 Å². The second-order valence-corrected chi connectivity index (χ2v) is 5.18. The minimum absolute atomic E-state index is 0.0475. The van der Waals surface area contributed by atoms with Crippen LogP contribution >= 0.6 is 11.3 Å². The van der Waals surface area contributed by atoms with Crippen molar-refractivity contribution in [2.24, 2.45) is 0 Å². The van der Waals surface area contributed by atoms with Crippen molar-refractivity contribution in [1.82, 2.24) is 0 Å². The molecule has 1 aromatic carbocycles. The molecule has 0 radical (unpaired) electrons. The Hall–Kier alpha value is -2.54. The molecule has 0 aliphatic carbocycles. The van der Waals surface area contributed by atoms with Crippen molar-refractivity contribution in [3.63, 3.8) is 0 Å². The lowest BCUT2D eigenvalue weighted by molar-refractivity contribution is -0.385. The van der Waals surface area contributed by atoms with Crippen molar-refractivity contribution in [2.75, 3.05) is 6.61 Å². The Kier molecular flexibility index (Phi) is 4.44. The van der Waals surface area contributed by atoms with E-state index in [4.69, 9.17) is 4.74 Å². The number of hydrogen-bond acceptors (Lipinski definition) is 6. The molecule has 2 aromatic rings. The molecule has 0 saturated heterocycles. The number of thiophene rings is 1. The molecule has 21 heavy (non-hydrogen) atoms. The first-order chi connectivity index (χ1) is 9.99. The average Bonchev–Trinajstić information content (AvgIpc) is 2.98. The highest BCUT2D eigenvalue weighted by molar-refractivity contribution is 7.12. The maximum atomic E-state index is 11.8. The SMILES string of the molecule is Cc1ccc(C(=O)OCC(=O)c2cccs2)cc1[N+](=O)[O-]. The molecular weight excluding hydrogens is 294 g/mol. The standard InChI is InChI=1S/C14H11NO5S/c1-9-4-5-10(7-11(9)15(18)19)14(17)20-8-12(16)13-3-2-6-21-13/h2-7H,8H2,1H3. The summed E-state index contributed by atoms with van der Waals surface area (Å²) in [6.07, 6.45) is 0. The number of nitrogens with zero attached hydrogens (tertiary/aromatic N) is 1. The number of ether oxygens (including phenoxy) is 1. The van der Waals surface area contributed by atoms with Gasteiger partial charge in [-0.25, -0.2) is 4.79 Å². The molecular formula is C14H11NO5S. The summed E-state index contributed by atoms with van der Waals surface area (Å²) in [5.41, 5.74) is 0.339. The van der Waals surface area contributed by atoms with Crippen LogP contribution in [0.25, 0.3) is 0 Å². The number of Topliss-reactive ketones (excluding diaryl/α,β-unsaturated/α-hetero) is 1. The number of nitro groups is 1. The molecule has 0 unspecified atom stereocenters. The lowest BCUT2D eigenvalue weighted by atomic mass is 10.1. The van der Waals surface area contributed by atoms with Crippen LogP contribution in [0.2, 0.25) is 0 Å². The van der Waals surface area contributed by atoms with E-state index >= 15 is 0 Å². The zero-order valence-electron chi connectivity index (χ0n) is 11.1. The molecule has 0 aliphatic rings. The van der Waals surface area contributed by atoms with Crippen LogP contribution in [0.3, 0.4) is 0 Å². The van der Waals surface area contributed by atoms with Gasteiger partial charge in [-0.3, -0.25) is 14.9 Å².